The number of para-hydroxylation sites is 1. The number of rotatable bonds is 4. The van der Waals surface area contributed by atoms with E-state index in [2.05, 4.69) is 162 Å². The van der Waals surface area contributed by atoms with Crippen LogP contribution in [0.4, 0.5) is 0 Å². The third kappa shape index (κ3) is 3.81. The molecule has 0 spiro atoms. The van der Waals surface area contributed by atoms with Gasteiger partial charge in [0.1, 0.15) is 0 Å². The van der Waals surface area contributed by atoms with Crippen LogP contribution >= 0.6 is 11.3 Å². The molecule has 5 aromatic carbocycles. The summed E-state index contributed by atoms with van der Waals surface area (Å²) in [6.45, 7) is 0. The average molecular weight is 585 g/mol. The van der Waals surface area contributed by atoms with Crippen molar-refractivity contribution in [1.29, 1.82) is 0 Å². The zero-order valence-corrected chi connectivity index (χ0v) is 25.0. The molecule has 1 atom stereocenters. The molecule has 4 heterocycles. The van der Waals surface area contributed by atoms with Crippen molar-refractivity contribution in [3.05, 3.63) is 162 Å². The van der Waals surface area contributed by atoms with Gasteiger partial charge in [-0.15, -0.1) is 11.3 Å². The van der Waals surface area contributed by atoms with Gasteiger partial charge in [0.25, 0.3) is 0 Å². The smallest absolute Gasteiger partial charge is 0.214 e. The van der Waals surface area contributed by atoms with Crippen molar-refractivity contribution in [2.24, 2.45) is 0 Å². The van der Waals surface area contributed by atoms with Gasteiger partial charge in [-0.3, -0.25) is 4.57 Å². The largest absolute Gasteiger partial charge is 0.438 e. The Kier molecular flexibility index (Phi) is 5.65. The first kappa shape index (κ1) is 25.2. The lowest BCUT2D eigenvalue weighted by atomic mass is 9.92. The van der Waals surface area contributed by atoms with Gasteiger partial charge < -0.3 is 9.32 Å². The van der Waals surface area contributed by atoms with E-state index in [9.17, 15) is 0 Å². The van der Waals surface area contributed by atoms with Crippen LogP contribution in [0.2, 0.25) is 0 Å². The number of nitrogens with zero attached hydrogens (tertiary/aromatic N) is 2. The van der Waals surface area contributed by atoms with Gasteiger partial charge in [0.05, 0.1) is 21.6 Å². The second-order valence-electron chi connectivity index (χ2n) is 11.4. The lowest BCUT2D eigenvalue weighted by Gasteiger charge is -2.35. The second-order valence-corrected chi connectivity index (χ2v) is 12.5. The fourth-order valence-electron chi connectivity index (χ4n) is 6.76. The molecule has 3 aromatic heterocycles. The summed E-state index contributed by atoms with van der Waals surface area (Å²) in [7, 11) is 2.21. The van der Waals surface area contributed by atoms with E-state index in [4.69, 9.17) is 4.42 Å². The number of aromatic nitrogens is 1. The Morgan fingerprint density at radius 1 is 0.682 bits per heavy atom. The zero-order valence-electron chi connectivity index (χ0n) is 24.1. The van der Waals surface area contributed by atoms with Gasteiger partial charge in [-0.25, -0.2) is 0 Å². The number of fused-ring (bicyclic) bond motifs is 7. The van der Waals surface area contributed by atoms with Gasteiger partial charge in [0, 0.05) is 33.9 Å². The quantitative estimate of drug-likeness (QED) is 0.205. The number of hydrogen-bond acceptors (Lipinski definition) is 3. The van der Waals surface area contributed by atoms with Crippen molar-refractivity contribution >= 4 is 65.0 Å². The van der Waals surface area contributed by atoms with Gasteiger partial charge in [0.2, 0.25) is 5.71 Å². The van der Waals surface area contributed by atoms with Crippen LogP contribution < -0.4 is 0 Å². The molecule has 3 nitrogen and oxygen atoms in total. The minimum absolute atomic E-state index is 0.110. The summed E-state index contributed by atoms with van der Waals surface area (Å²) >= 11 is 1.82. The van der Waals surface area contributed by atoms with E-state index in [1.54, 1.807) is 0 Å². The Hall–Kier alpha value is -5.32. The standard InChI is InChI=1S/C40H28N2OS/c1-41-34(27-15-7-3-8-16-27)24-29(26-13-5-2-6-14-26)25-35(41)28-21-22-33-32(23-28)37-39-38(31-19-11-12-20-36(31)44-39)43-40(37)42(33)30-17-9-4-10-18-30/h2-25,34H,1H3. The highest BCUT2D eigenvalue weighted by atomic mass is 32.1. The summed E-state index contributed by atoms with van der Waals surface area (Å²) in [5.74, 6) is 0. The molecular formula is C40H28N2OS. The predicted octanol–water partition coefficient (Wildman–Crippen LogP) is 10.9. The van der Waals surface area contributed by atoms with Crippen LogP contribution in [0.5, 0.6) is 0 Å². The SMILES string of the molecule is CN1C(c2ccc3c(c2)c2c4sc5ccccc5c4oc2n3-c2ccccc2)=CC(c2ccccc2)=CC1c1ccccc1. The first-order valence-electron chi connectivity index (χ1n) is 15.0. The van der Waals surface area contributed by atoms with Crippen LogP contribution in [-0.2, 0) is 0 Å². The summed E-state index contributed by atoms with van der Waals surface area (Å²) < 4.78 is 11.5. The third-order valence-corrected chi connectivity index (χ3v) is 10.1. The predicted molar refractivity (Wildman–Crippen MR) is 185 cm³/mol. The van der Waals surface area contributed by atoms with E-state index in [1.807, 2.05) is 11.3 Å². The van der Waals surface area contributed by atoms with Crippen molar-refractivity contribution in [2.75, 3.05) is 7.05 Å². The lowest BCUT2D eigenvalue weighted by Crippen LogP contribution is -2.24. The molecular weight excluding hydrogens is 557 g/mol. The van der Waals surface area contributed by atoms with Crippen LogP contribution in [0.1, 0.15) is 22.7 Å². The molecule has 0 saturated heterocycles. The average Bonchev–Trinajstić information content (AvgIpc) is 3.73. The monoisotopic (exact) mass is 584 g/mol. The molecule has 0 radical (unpaired) electrons. The molecule has 0 amide bonds. The van der Waals surface area contributed by atoms with E-state index in [0.717, 1.165) is 22.5 Å². The van der Waals surface area contributed by atoms with Crippen LogP contribution in [0.3, 0.4) is 0 Å². The summed E-state index contributed by atoms with van der Waals surface area (Å²) in [6.07, 6.45) is 4.72. The summed E-state index contributed by atoms with van der Waals surface area (Å²) in [6, 6.07) is 47.6. The topological polar surface area (TPSA) is 21.3 Å². The number of benzene rings is 5. The first-order valence-corrected chi connectivity index (χ1v) is 15.8. The fraction of sp³-hybridized carbons (Fsp3) is 0.0500. The molecule has 1 aliphatic heterocycles. The highest BCUT2D eigenvalue weighted by Crippen LogP contribution is 2.47. The van der Waals surface area contributed by atoms with E-state index >= 15 is 0 Å². The maximum atomic E-state index is 6.77. The number of thiophene rings is 1. The summed E-state index contributed by atoms with van der Waals surface area (Å²) in [5, 5.41) is 3.55. The summed E-state index contributed by atoms with van der Waals surface area (Å²) in [5.41, 5.74) is 10.2. The fourth-order valence-corrected chi connectivity index (χ4v) is 7.94. The van der Waals surface area contributed by atoms with Crippen molar-refractivity contribution < 1.29 is 4.42 Å². The Morgan fingerprint density at radius 2 is 1.39 bits per heavy atom. The Morgan fingerprint density at radius 3 is 2.18 bits per heavy atom. The van der Waals surface area contributed by atoms with Crippen molar-refractivity contribution in [2.45, 2.75) is 6.04 Å². The van der Waals surface area contributed by atoms with Crippen LogP contribution in [0.15, 0.2) is 150 Å². The van der Waals surface area contributed by atoms with Gasteiger partial charge >= 0.3 is 0 Å². The van der Waals surface area contributed by atoms with Crippen molar-refractivity contribution in [1.82, 2.24) is 9.47 Å². The van der Waals surface area contributed by atoms with Gasteiger partial charge in [-0.2, -0.15) is 0 Å². The van der Waals surface area contributed by atoms with Gasteiger partial charge in [-0.05, 0) is 70.8 Å². The number of hydrogen-bond donors (Lipinski definition) is 0. The zero-order chi connectivity index (χ0) is 29.2. The van der Waals surface area contributed by atoms with Crippen LogP contribution in [-0.4, -0.2) is 16.5 Å². The highest BCUT2D eigenvalue weighted by molar-refractivity contribution is 7.26. The molecule has 0 saturated carbocycles. The molecule has 0 bridgehead atoms. The number of allylic oxidation sites excluding steroid dienone is 2. The number of likely N-dealkylation sites (N-methyl/N-ethyl adjacent to an activating group) is 1. The molecule has 210 valence electrons. The molecule has 9 rings (SSSR count). The van der Waals surface area contributed by atoms with Crippen molar-refractivity contribution in [3.63, 3.8) is 0 Å². The minimum Gasteiger partial charge on any atom is -0.438 e. The lowest BCUT2D eigenvalue weighted by molar-refractivity contribution is 0.413. The highest BCUT2D eigenvalue weighted by Gasteiger charge is 2.26. The van der Waals surface area contributed by atoms with E-state index in [0.29, 0.717) is 0 Å². The Labute approximate surface area is 259 Å². The minimum atomic E-state index is 0.110. The van der Waals surface area contributed by atoms with E-state index in [1.165, 1.54) is 53.5 Å². The molecule has 0 aliphatic carbocycles. The van der Waals surface area contributed by atoms with Gasteiger partial charge in [0.15, 0.2) is 5.58 Å². The molecule has 1 unspecified atom stereocenters. The maximum absolute atomic E-state index is 6.77. The molecule has 8 aromatic rings. The van der Waals surface area contributed by atoms with Gasteiger partial charge in [-0.1, -0.05) is 97.1 Å². The van der Waals surface area contributed by atoms with E-state index in [-0.39, 0.29) is 6.04 Å². The normalized spacial score (nSPS) is 15.4. The van der Waals surface area contributed by atoms with Crippen LogP contribution in [0.25, 0.3) is 59.3 Å². The Bertz CT molecular complexity index is 2390. The second kappa shape index (κ2) is 9.87. The molecule has 4 heteroatoms. The molecule has 0 N–H and O–H groups in total. The molecule has 44 heavy (non-hydrogen) atoms. The third-order valence-electron chi connectivity index (χ3n) is 8.88. The van der Waals surface area contributed by atoms with Crippen molar-refractivity contribution in [3.8, 4) is 5.69 Å². The molecule has 0 fully saturated rings. The van der Waals surface area contributed by atoms with E-state index < -0.39 is 0 Å². The van der Waals surface area contributed by atoms with Crippen LogP contribution in [0, 0.1) is 0 Å². The number of furan rings is 1. The Balaban J connectivity index is 1.30. The summed E-state index contributed by atoms with van der Waals surface area (Å²) in [4.78, 5) is 2.40. The first-order chi connectivity index (χ1) is 21.7. The maximum Gasteiger partial charge on any atom is 0.214 e. The molecule has 1 aliphatic rings.